The molecule has 2 fully saturated rings. The van der Waals surface area contributed by atoms with Crippen molar-refractivity contribution >= 4 is 29.9 Å². The molecule has 1 aliphatic heterocycles. The lowest BCUT2D eigenvalue weighted by Gasteiger charge is -2.22. The van der Waals surface area contributed by atoms with E-state index >= 15 is 0 Å². The third kappa shape index (κ3) is 7.48. The van der Waals surface area contributed by atoms with Gasteiger partial charge >= 0.3 is 0 Å². The molecule has 1 saturated heterocycles. The van der Waals surface area contributed by atoms with Gasteiger partial charge in [0.15, 0.2) is 17.5 Å². The second-order valence-corrected chi connectivity index (χ2v) is 8.39. The monoisotopic (exact) mass is 530 g/mol. The Labute approximate surface area is 199 Å². The summed E-state index contributed by atoms with van der Waals surface area (Å²) in [6.07, 6.45) is 7.74. The zero-order valence-corrected chi connectivity index (χ0v) is 21.1. The Morgan fingerprint density at radius 1 is 1.17 bits per heavy atom. The van der Waals surface area contributed by atoms with Crippen LogP contribution in [-0.4, -0.2) is 57.3 Å². The van der Waals surface area contributed by atoms with Gasteiger partial charge in [-0.25, -0.2) is 0 Å². The summed E-state index contributed by atoms with van der Waals surface area (Å²) in [6.45, 7) is 7.51. The van der Waals surface area contributed by atoms with Gasteiger partial charge < -0.3 is 25.0 Å². The summed E-state index contributed by atoms with van der Waals surface area (Å²) >= 11 is 0. The number of benzene rings is 1. The first kappa shape index (κ1) is 25.0. The molecule has 0 bridgehead atoms. The maximum Gasteiger partial charge on any atom is 0.191 e. The molecule has 0 aromatic heterocycles. The lowest BCUT2D eigenvalue weighted by molar-refractivity contribution is 0.198. The number of likely N-dealkylation sites (tertiary alicyclic amines) is 1. The molecule has 1 atom stereocenters. The average Bonchev–Trinajstić information content (AvgIpc) is 3.43. The number of nitrogens with one attached hydrogen (secondary N) is 2. The van der Waals surface area contributed by atoms with E-state index in [-0.39, 0.29) is 24.0 Å². The van der Waals surface area contributed by atoms with E-state index in [4.69, 9.17) is 9.47 Å². The van der Waals surface area contributed by atoms with E-state index in [0.717, 1.165) is 49.0 Å². The predicted molar refractivity (Wildman–Crippen MR) is 134 cm³/mol. The van der Waals surface area contributed by atoms with Crippen LogP contribution in [0.2, 0.25) is 0 Å². The van der Waals surface area contributed by atoms with Gasteiger partial charge in [-0.3, -0.25) is 4.99 Å². The van der Waals surface area contributed by atoms with Crippen LogP contribution in [-0.2, 0) is 6.54 Å². The predicted octanol–water partition coefficient (Wildman–Crippen LogP) is 4.03. The van der Waals surface area contributed by atoms with Crippen LogP contribution in [0.25, 0.3) is 0 Å². The molecule has 30 heavy (non-hydrogen) atoms. The van der Waals surface area contributed by atoms with E-state index in [0.29, 0.717) is 18.6 Å². The van der Waals surface area contributed by atoms with Crippen molar-refractivity contribution in [1.29, 1.82) is 0 Å². The fraction of sp³-hybridized carbons (Fsp3) is 0.696. The number of halogens is 1. The van der Waals surface area contributed by atoms with Gasteiger partial charge in [0.2, 0.25) is 0 Å². The van der Waals surface area contributed by atoms with Gasteiger partial charge in [0.1, 0.15) is 0 Å². The van der Waals surface area contributed by atoms with E-state index in [9.17, 15) is 0 Å². The van der Waals surface area contributed by atoms with Crippen molar-refractivity contribution in [3.05, 3.63) is 23.8 Å². The molecule has 2 aliphatic rings. The van der Waals surface area contributed by atoms with Crippen molar-refractivity contribution in [2.45, 2.75) is 58.1 Å². The van der Waals surface area contributed by atoms with E-state index in [1.54, 1.807) is 7.11 Å². The summed E-state index contributed by atoms with van der Waals surface area (Å²) in [5, 5.41) is 6.92. The van der Waals surface area contributed by atoms with Crippen molar-refractivity contribution < 1.29 is 9.47 Å². The first-order valence-electron chi connectivity index (χ1n) is 11.2. The molecule has 1 heterocycles. The largest absolute Gasteiger partial charge is 0.493 e. The number of hydrogen-bond acceptors (Lipinski definition) is 4. The Balaban J connectivity index is 0.00000320. The van der Waals surface area contributed by atoms with Gasteiger partial charge in [-0.05, 0) is 63.6 Å². The smallest absolute Gasteiger partial charge is 0.191 e. The van der Waals surface area contributed by atoms with Crippen LogP contribution in [0.4, 0.5) is 0 Å². The van der Waals surface area contributed by atoms with Crippen LogP contribution in [0.1, 0.15) is 51.0 Å². The Bertz CT molecular complexity index is 659. The third-order valence-corrected chi connectivity index (χ3v) is 5.92. The summed E-state index contributed by atoms with van der Waals surface area (Å²) in [5.41, 5.74) is 1.10. The average molecular weight is 530 g/mol. The van der Waals surface area contributed by atoms with Crippen molar-refractivity contribution in [2.75, 3.05) is 40.3 Å². The molecule has 1 saturated carbocycles. The minimum Gasteiger partial charge on any atom is -0.493 e. The number of aliphatic imine (C=N–C) groups is 1. The molecule has 7 heteroatoms. The Morgan fingerprint density at radius 2 is 1.90 bits per heavy atom. The van der Waals surface area contributed by atoms with Crippen LogP contribution in [0, 0.1) is 5.92 Å². The molecule has 3 rings (SSSR count). The van der Waals surface area contributed by atoms with Gasteiger partial charge in [-0.15, -0.1) is 24.0 Å². The van der Waals surface area contributed by atoms with E-state index < -0.39 is 0 Å². The van der Waals surface area contributed by atoms with Crippen LogP contribution < -0.4 is 20.1 Å². The van der Waals surface area contributed by atoms with E-state index in [1.165, 1.54) is 38.8 Å². The van der Waals surface area contributed by atoms with Crippen LogP contribution in [0.5, 0.6) is 11.5 Å². The second kappa shape index (κ2) is 13.2. The summed E-state index contributed by atoms with van der Waals surface area (Å²) in [4.78, 5) is 6.95. The van der Waals surface area contributed by atoms with Crippen molar-refractivity contribution in [3.63, 3.8) is 0 Å². The fourth-order valence-corrected chi connectivity index (χ4v) is 4.31. The third-order valence-electron chi connectivity index (χ3n) is 5.92. The highest BCUT2D eigenvalue weighted by Gasteiger charge is 2.21. The quantitative estimate of drug-likeness (QED) is 0.287. The highest BCUT2D eigenvalue weighted by atomic mass is 127. The molecule has 2 N–H and O–H groups in total. The molecule has 1 aromatic rings. The molecule has 0 spiro atoms. The Kier molecular flexibility index (Phi) is 11.1. The Hall–Kier alpha value is -1.22. The van der Waals surface area contributed by atoms with Crippen LogP contribution in [0.3, 0.4) is 0 Å². The number of nitrogens with zero attached hydrogens (tertiary/aromatic N) is 2. The summed E-state index contributed by atoms with van der Waals surface area (Å²) < 4.78 is 11.9. The molecule has 6 nitrogen and oxygen atoms in total. The van der Waals surface area contributed by atoms with Crippen LogP contribution >= 0.6 is 24.0 Å². The maximum absolute atomic E-state index is 6.34. The van der Waals surface area contributed by atoms with Crippen molar-refractivity contribution in [3.8, 4) is 11.5 Å². The molecule has 1 aromatic carbocycles. The normalized spacial score (nSPS) is 18.7. The molecule has 0 amide bonds. The molecule has 1 aliphatic carbocycles. The number of ether oxygens (including phenoxy) is 2. The molecular weight excluding hydrogens is 491 g/mol. The summed E-state index contributed by atoms with van der Waals surface area (Å²) in [7, 11) is 3.53. The summed E-state index contributed by atoms with van der Waals surface area (Å²) in [6, 6.07) is 6.09. The van der Waals surface area contributed by atoms with Gasteiger partial charge in [0.25, 0.3) is 0 Å². The molecular formula is C23H39IN4O2. The lowest BCUT2D eigenvalue weighted by Crippen LogP contribution is -2.41. The standard InChI is InChI=1S/C23H38N4O2.HI/c1-18(17-27-13-6-7-14-27)15-25-23(24-2)26-16-19-9-8-12-21(28-3)22(19)29-20-10-4-5-11-20;/h8-9,12,18,20H,4-7,10-11,13-17H2,1-3H3,(H2,24,25,26);1H. The number of guanidine groups is 1. The van der Waals surface area contributed by atoms with Gasteiger partial charge in [-0.2, -0.15) is 0 Å². The van der Waals surface area contributed by atoms with Crippen LogP contribution in [0.15, 0.2) is 23.2 Å². The first-order valence-corrected chi connectivity index (χ1v) is 11.2. The fourth-order valence-electron chi connectivity index (χ4n) is 4.31. The number of hydrogen-bond donors (Lipinski definition) is 2. The highest BCUT2D eigenvalue weighted by Crippen LogP contribution is 2.34. The summed E-state index contributed by atoms with van der Waals surface area (Å²) in [5.74, 6) is 3.09. The first-order chi connectivity index (χ1) is 14.2. The molecule has 1 unspecified atom stereocenters. The minimum atomic E-state index is 0. The maximum atomic E-state index is 6.34. The van der Waals surface area contributed by atoms with Crippen molar-refractivity contribution in [2.24, 2.45) is 10.9 Å². The van der Waals surface area contributed by atoms with Gasteiger partial charge in [-0.1, -0.05) is 19.1 Å². The second-order valence-electron chi connectivity index (χ2n) is 8.39. The van der Waals surface area contributed by atoms with E-state index in [2.05, 4.69) is 33.5 Å². The molecule has 0 radical (unpaired) electrons. The highest BCUT2D eigenvalue weighted by molar-refractivity contribution is 14.0. The lowest BCUT2D eigenvalue weighted by atomic mass is 10.1. The number of para-hydroxylation sites is 1. The van der Waals surface area contributed by atoms with Gasteiger partial charge in [0.05, 0.1) is 13.2 Å². The SMILES string of the molecule is CN=C(NCc1cccc(OC)c1OC1CCCC1)NCC(C)CN1CCCC1.I. The van der Waals surface area contributed by atoms with E-state index in [1.807, 2.05) is 19.2 Å². The number of methoxy groups -OCH3 is 1. The molecule has 170 valence electrons. The topological polar surface area (TPSA) is 58.1 Å². The van der Waals surface area contributed by atoms with Crippen molar-refractivity contribution in [1.82, 2.24) is 15.5 Å². The Morgan fingerprint density at radius 3 is 2.57 bits per heavy atom. The zero-order chi connectivity index (χ0) is 20.5. The zero-order valence-electron chi connectivity index (χ0n) is 18.8. The minimum absolute atomic E-state index is 0. The number of rotatable bonds is 9. The van der Waals surface area contributed by atoms with Gasteiger partial charge in [0, 0.05) is 32.2 Å².